The van der Waals surface area contributed by atoms with E-state index in [1.165, 1.54) is 0 Å². The molecule has 0 saturated carbocycles. The average molecular weight is 280 g/mol. The van der Waals surface area contributed by atoms with Gasteiger partial charge in [0.1, 0.15) is 5.58 Å². The van der Waals surface area contributed by atoms with E-state index in [-0.39, 0.29) is 5.56 Å². The molecule has 2 aromatic carbocycles. The van der Waals surface area contributed by atoms with Crippen molar-refractivity contribution in [3.05, 3.63) is 70.1 Å². The van der Waals surface area contributed by atoms with Crippen LogP contribution in [0.25, 0.3) is 22.1 Å². The maximum Gasteiger partial charge on any atom is 0.351 e. The third kappa shape index (κ3) is 2.21. The normalized spacial score (nSPS) is 10.7. The van der Waals surface area contributed by atoms with Crippen LogP contribution in [-0.4, -0.2) is 11.1 Å². The number of carboxylic acids is 1. The van der Waals surface area contributed by atoms with Crippen molar-refractivity contribution >= 4 is 16.9 Å². The van der Waals surface area contributed by atoms with Crippen molar-refractivity contribution in [1.29, 1.82) is 0 Å². The van der Waals surface area contributed by atoms with E-state index in [0.29, 0.717) is 22.1 Å². The van der Waals surface area contributed by atoms with Crippen molar-refractivity contribution in [3.63, 3.8) is 0 Å². The first-order valence-corrected chi connectivity index (χ1v) is 6.44. The van der Waals surface area contributed by atoms with Crippen LogP contribution in [0, 0.1) is 6.92 Å². The van der Waals surface area contributed by atoms with Gasteiger partial charge < -0.3 is 9.52 Å². The number of benzene rings is 2. The maximum atomic E-state index is 12.0. The Balaban J connectivity index is 2.53. The predicted octanol–water partition coefficient (Wildman–Crippen LogP) is 3.47. The maximum absolute atomic E-state index is 12.0. The molecular weight excluding hydrogens is 268 g/mol. The number of hydrogen-bond acceptors (Lipinski definition) is 3. The van der Waals surface area contributed by atoms with Crippen LogP contribution in [-0.2, 0) is 0 Å². The molecule has 0 saturated heterocycles. The quantitative estimate of drug-likeness (QED) is 0.730. The summed E-state index contributed by atoms with van der Waals surface area (Å²) in [6, 6.07) is 14.3. The summed E-state index contributed by atoms with van der Waals surface area (Å²) >= 11 is 0. The number of aromatic carboxylic acids is 1. The van der Waals surface area contributed by atoms with Crippen LogP contribution < -0.4 is 5.63 Å². The van der Waals surface area contributed by atoms with Crippen molar-refractivity contribution < 1.29 is 14.3 Å². The van der Waals surface area contributed by atoms with E-state index in [1.54, 1.807) is 30.3 Å². The molecule has 0 aliphatic carbocycles. The van der Waals surface area contributed by atoms with E-state index in [9.17, 15) is 14.7 Å². The summed E-state index contributed by atoms with van der Waals surface area (Å²) in [4.78, 5) is 23.5. The first kappa shape index (κ1) is 13.1. The molecule has 4 heteroatoms. The lowest BCUT2D eigenvalue weighted by Crippen LogP contribution is -2.15. The second kappa shape index (κ2) is 4.90. The molecule has 1 N–H and O–H groups in total. The van der Waals surface area contributed by atoms with Crippen LogP contribution in [0.2, 0.25) is 0 Å². The predicted molar refractivity (Wildman–Crippen MR) is 79.6 cm³/mol. The number of aryl methyl sites for hydroxylation is 1. The fourth-order valence-corrected chi connectivity index (χ4v) is 2.41. The van der Waals surface area contributed by atoms with Gasteiger partial charge in [0, 0.05) is 10.9 Å². The van der Waals surface area contributed by atoms with Gasteiger partial charge in [-0.1, -0.05) is 42.0 Å². The molecule has 0 bridgehead atoms. The number of fused-ring (bicyclic) bond motifs is 1. The van der Waals surface area contributed by atoms with Gasteiger partial charge in [-0.3, -0.25) is 0 Å². The molecule has 0 atom stereocenters. The Morgan fingerprint density at radius 3 is 2.48 bits per heavy atom. The van der Waals surface area contributed by atoms with E-state index < -0.39 is 11.6 Å². The third-order valence-electron chi connectivity index (χ3n) is 3.34. The number of hydrogen-bond donors (Lipinski definition) is 1. The van der Waals surface area contributed by atoms with Gasteiger partial charge in [0.05, 0.1) is 0 Å². The van der Waals surface area contributed by atoms with Crippen LogP contribution in [0.4, 0.5) is 0 Å². The Bertz CT molecular complexity index is 892. The zero-order chi connectivity index (χ0) is 15.0. The molecule has 0 fully saturated rings. The molecule has 3 rings (SSSR count). The van der Waals surface area contributed by atoms with Crippen molar-refractivity contribution in [2.24, 2.45) is 0 Å². The second-order valence-electron chi connectivity index (χ2n) is 4.81. The largest absolute Gasteiger partial charge is 0.477 e. The first-order chi connectivity index (χ1) is 10.1. The highest BCUT2D eigenvalue weighted by molar-refractivity contribution is 6.05. The van der Waals surface area contributed by atoms with Gasteiger partial charge in [-0.15, -0.1) is 0 Å². The molecule has 0 aliphatic rings. The van der Waals surface area contributed by atoms with Gasteiger partial charge in [0.25, 0.3) is 0 Å². The monoisotopic (exact) mass is 280 g/mol. The van der Waals surface area contributed by atoms with Crippen LogP contribution in [0.3, 0.4) is 0 Å². The van der Waals surface area contributed by atoms with Crippen molar-refractivity contribution in [3.8, 4) is 11.1 Å². The highest BCUT2D eigenvalue weighted by Gasteiger charge is 2.21. The molecule has 0 aliphatic heterocycles. The Kier molecular flexibility index (Phi) is 3.06. The Morgan fingerprint density at radius 1 is 1.10 bits per heavy atom. The van der Waals surface area contributed by atoms with Gasteiger partial charge in [-0.2, -0.15) is 0 Å². The fourth-order valence-electron chi connectivity index (χ4n) is 2.41. The highest BCUT2D eigenvalue weighted by atomic mass is 16.4. The SMILES string of the molecule is Cc1ccc2oc(=O)c(C(=O)O)c(-c3ccccc3)c2c1. The molecule has 3 aromatic rings. The van der Waals surface area contributed by atoms with Gasteiger partial charge in [-0.25, -0.2) is 9.59 Å². The van der Waals surface area contributed by atoms with E-state index >= 15 is 0 Å². The van der Waals surface area contributed by atoms with Gasteiger partial charge in [0.15, 0.2) is 5.56 Å². The molecule has 0 spiro atoms. The van der Waals surface area contributed by atoms with Crippen molar-refractivity contribution in [2.75, 3.05) is 0 Å². The number of carbonyl (C=O) groups is 1. The summed E-state index contributed by atoms with van der Waals surface area (Å²) in [6.07, 6.45) is 0. The molecule has 0 unspecified atom stereocenters. The Hall–Kier alpha value is -2.88. The first-order valence-electron chi connectivity index (χ1n) is 6.44. The lowest BCUT2D eigenvalue weighted by molar-refractivity contribution is 0.0693. The Labute approximate surface area is 120 Å². The lowest BCUT2D eigenvalue weighted by atomic mass is 9.96. The minimum absolute atomic E-state index is 0.334. The van der Waals surface area contributed by atoms with E-state index in [0.717, 1.165) is 5.56 Å². The summed E-state index contributed by atoms with van der Waals surface area (Å²) in [6.45, 7) is 1.90. The van der Waals surface area contributed by atoms with Crippen LogP contribution in [0.15, 0.2) is 57.7 Å². The van der Waals surface area contributed by atoms with Crippen LogP contribution in [0.5, 0.6) is 0 Å². The van der Waals surface area contributed by atoms with E-state index in [1.807, 2.05) is 25.1 Å². The minimum atomic E-state index is -1.29. The van der Waals surface area contributed by atoms with Crippen LogP contribution >= 0.6 is 0 Å². The van der Waals surface area contributed by atoms with Crippen molar-refractivity contribution in [2.45, 2.75) is 6.92 Å². The summed E-state index contributed by atoms with van der Waals surface area (Å²) in [5, 5.41) is 10.00. The summed E-state index contributed by atoms with van der Waals surface area (Å²) in [5.74, 6) is -1.29. The number of carboxylic acid groups (broad SMARTS) is 1. The zero-order valence-electron chi connectivity index (χ0n) is 11.3. The standard InChI is InChI=1S/C17H12O4/c1-10-7-8-13-12(9-10)14(11-5-3-2-4-6-11)15(16(18)19)17(20)21-13/h2-9H,1H3,(H,18,19). The fraction of sp³-hybridized carbons (Fsp3) is 0.0588. The smallest absolute Gasteiger partial charge is 0.351 e. The molecule has 21 heavy (non-hydrogen) atoms. The second-order valence-corrected chi connectivity index (χ2v) is 4.81. The minimum Gasteiger partial charge on any atom is -0.477 e. The topological polar surface area (TPSA) is 67.5 Å². The molecule has 0 amide bonds. The van der Waals surface area contributed by atoms with Gasteiger partial charge >= 0.3 is 11.6 Å². The number of rotatable bonds is 2. The third-order valence-corrected chi connectivity index (χ3v) is 3.34. The Morgan fingerprint density at radius 2 is 1.81 bits per heavy atom. The van der Waals surface area contributed by atoms with Crippen LogP contribution in [0.1, 0.15) is 15.9 Å². The molecule has 104 valence electrons. The molecule has 0 radical (unpaired) electrons. The lowest BCUT2D eigenvalue weighted by Gasteiger charge is -2.09. The molecular formula is C17H12O4. The highest BCUT2D eigenvalue weighted by Crippen LogP contribution is 2.31. The van der Waals surface area contributed by atoms with Gasteiger partial charge in [0.2, 0.25) is 0 Å². The summed E-state index contributed by atoms with van der Waals surface area (Å²) < 4.78 is 5.13. The zero-order valence-corrected chi connectivity index (χ0v) is 11.3. The average Bonchev–Trinajstić information content (AvgIpc) is 2.47. The van der Waals surface area contributed by atoms with Gasteiger partial charge in [-0.05, 0) is 24.6 Å². The van der Waals surface area contributed by atoms with E-state index in [2.05, 4.69) is 0 Å². The van der Waals surface area contributed by atoms with E-state index in [4.69, 9.17) is 4.42 Å². The molecule has 1 aromatic heterocycles. The summed E-state index contributed by atoms with van der Waals surface area (Å²) in [7, 11) is 0. The molecule has 1 heterocycles. The summed E-state index contributed by atoms with van der Waals surface area (Å²) in [5.41, 5.74) is 1.26. The van der Waals surface area contributed by atoms with Crippen molar-refractivity contribution in [1.82, 2.24) is 0 Å². The molecule has 4 nitrogen and oxygen atoms in total.